The number of anilines is 1. The number of halogens is 2. The number of aromatic amines is 1. The third kappa shape index (κ3) is 2.77. The molecule has 32 heavy (non-hydrogen) atoms. The molecule has 162 valence electrons. The number of benzene rings is 2. The molecule has 7 nitrogen and oxygen atoms in total. The molecule has 4 aromatic rings. The molecule has 9 heteroatoms. The molecular formula is C23H19F2N5O2. The lowest BCUT2D eigenvalue weighted by Gasteiger charge is -2.52. The van der Waals surface area contributed by atoms with Gasteiger partial charge in [0.15, 0.2) is 0 Å². The number of aromatic nitrogens is 4. The Kier molecular flexibility index (Phi) is 4.16. The van der Waals surface area contributed by atoms with Crippen LogP contribution in [-0.4, -0.2) is 38.9 Å². The summed E-state index contributed by atoms with van der Waals surface area (Å²) in [7, 11) is 1.74. The van der Waals surface area contributed by atoms with Crippen LogP contribution in [0.15, 0.2) is 49.1 Å². The molecule has 0 radical (unpaired) electrons. The number of hydrogen-bond donors (Lipinski definition) is 1. The largest absolute Gasteiger partial charge is 0.381 e. The number of carbonyl (C=O) groups is 1. The van der Waals surface area contributed by atoms with E-state index in [1.807, 2.05) is 0 Å². The van der Waals surface area contributed by atoms with Crippen molar-refractivity contribution in [2.24, 2.45) is 18.9 Å². The normalized spacial score (nSPS) is 21.1. The Labute approximate surface area is 181 Å². The van der Waals surface area contributed by atoms with Crippen LogP contribution in [0.2, 0.25) is 0 Å². The Balaban J connectivity index is 1.44. The summed E-state index contributed by atoms with van der Waals surface area (Å²) in [4.78, 5) is 21.9. The highest BCUT2D eigenvalue weighted by Crippen LogP contribution is 2.50. The van der Waals surface area contributed by atoms with E-state index in [0.29, 0.717) is 35.5 Å². The molecule has 0 spiro atoms. The first-order chi connectivity index (χ1) is 15.5. The zero-order valence-electron chi connectivity index (χ0n) is 17.1. The van der Waals surface area contributed by atoms with Gasteiger partial charge in [-0.3, -0.25) is 9.48 Å². The van der Waals surface area contributed by atoms with Gasteiger partial charge in [-0.05, 0) is 35.9 Å². The summed E-state index contributed by atoms with van der Waals surface area (Å²) in [6, 6.07) is 7.18. The van der Waals surface area contributed by atoms with Crippen LogP contribution in [0.3, 0.4) is 0 Å². The van der Waals surface area contributed by atoms with Crippen molar-refractivity contribution in [3.8, 4) is 11.1 Å². The summed E-state index contributed by atoms with van der Waals surface area (Å²) in [5.41, 5.74) is 2.97. The van der Waals surface area contributed by atoms with Gasteiger partial charge in [-0.2, -0.15) is 5.10 Å². The van der Waals surface area contributed by atoms with Gasteiger partial charge in [0.25, 0.3) is 0 Å². The smallest absolute Gasteiger partial charge is 0.233 e. The van der Waals surface area contributed by atoms with Gasteiger partial charge in [-0.25, -0.2) is 13.8 Å². The number of H-pyrrole nitrogens is 1. The number of nitrogens with one attached hydrogen (secondary N) is 1. The third-order valence-electron chi connectivity index (χ3n) is 6.41. The Hall–Kier alpha value is -3.59. The first-order valence-corrected chi connectivity index (χ1v) is 10.3. The Morgan fingerprint density at radius 2 is 1.91 bits per heavy atom. The number of β-lactam (4-membered cyclic amide) rings is 1. The van der Waals surface area contributed by atoms with Crippen molar-refractivity contribution in [1.29, 1.82) is 0 Å². The van der Waals surface area contributed by atoms with Gasteiger partial charge in [-0.1, -0.05) is 0 Å². The van der Waals surface area contributed by atoms with Gasteiger partial charge in [0.05, 0.1) is 48.7 Å². The summed E-state index contributed by atoms with van der Waals surface area (Å²) >= 11 is 0. The maximum atomic E-state index is 15.4. The molecular weight excluding hydrogens is 416 g/mol. The molecule has 2 saturated heterocycles. The van der Waals surface area contributed by atoms with Crippen LogP contribution >= 0.6 is 0 Å². The Morgan fingerprint density at radius 1 is 1.12 bits per heavy atom. The van der Waals surface area contributed by atoms with Crippen LogP contribution in [0.4, 0.5) is 14.5 Å². The fourth-order valence-corrected chi connectivity index (χ4v) is 4.70. The fourth-order valence-electron chi connectivity index (χ4n) is 4.70. The molecule has 4 heterocycles. The van der Waals surface area contributed by atoms with E-state index >= 15 is 8.78 Å². The van der Waals surface area contributed by atoms with Gasteiger partial charge in [0.2, 0.25) is 5.91 Å². The number of carbonyl (C=O) groups excluding carboxylic acids is 1. The topological polar surface area (TPSA) is 76.0 Å². The average Bonchev–Trinajstić information content (AvgIpc) is 3.37. The van der Waals surface area contributed by atoms with Crippen LogP contribution in [0.25, 0.3) is 22.2 Å². The summed E-state index contributed by atoms with van der Waals surface area (Å²) in [5, 5.41) is 4.07. The lowest BCUT2D eigenvalue weighted by Crippen LogP contribution is -2.61. The molecule has 2 aromatic carbocycles. The van der Waals surface area contributed by atoms with Crippen LogP contribution < -0.4 is 4.90 Å². The summed E-state index contributed by atoms with van der Waals surface area (Å²) < 4.78 is 37.6. The van der Waals surface area contributed by atoms with Crippen molar-refractivity contribution in [2.75, 3.05) is 18.1 Å². The maximum Gasteiger partial charge on any atom is 0.233 e. The quantitative estimate of drug-likeness (QED) is 0.497. The van der Waals surface area contributed by atoms with Gasteiger partial charge >= 0.3 is 0 Å². The van der Waals surface area contributed by atoms with Gasteiger partial charge in [0, 0.05) is 36.0 Å². The molecule has 6 rings (SSSR count). The number of rotatable bonds is 4. The monoisotopic (exact) mass is 435 g/mol. The van der Waals surface area contributed by atoms with Crippen LogP contribution in [0.5, 0.6) is 0 Å². The highest BCUT2D eigenvalue weighted by molar-refractivity contribution is 6.04. The number of amides is 1. The third-order valence-corrected chi connectivity index (χ3v) is 6.41. The van der Waals surface area contributed by atoms with Gasteiger partial charge in [0.1, 0.15) is 11.6 Å². The lowest BCUT2D eigenvalue weighted by atomic mass is 9.72. The maximum absolute atomic E-state index is 15.4. The van der Waals surface area contributed by atoms with Crippen molar-refractivity contribution in [3.63, 3.8) is 0 Å². The second-order valence-electron chi connectivity index (χ2n) is 8.34. The first-order valence-electron chi connectivity index (χ1n) is 10.3. The van der Waals surface area contributed by atoms with E-state index < -0.39 is 23.6 Å². The number of nitrogens with zero attached hydrogens (tertiary/aromatic N) is 4. The molecule has 0 aliphatic carbocycles. The second kappa shape index (κ2) is 6.96. The predicted molar refractivity (Wildman–Crippen MR) is 113 cm³/mol. The minimum atomic E-state index is -0.754. The molecule has 2 aromatic heterocycles. The number of aryl methyl sites for hydroxylation is 1. The predicted octanol–water partition coefficient (Wildman–Crippen LogP) is 3.59. The molecule has 1 N–H and O–H groups in total. The zero-order valence-corrected chi connectivity index (χ0v) is 17.1. The van der Waals surface area contributed by atoms with Crippen LogP contribution in [-0.2, 0) is 16.6 Å². The zero-order chi connectivity index (χ0) is 22.0. The van der Waals surface area contributed by atoms with Crippen molar-refractivity contribution in [3.05, 3.63) is 66.3 Å². The standard InChI is InChI=1S/C23H19F2N5O2/c1-29-8-13(7-28-29)12-4-16(24)21(17(25)5-12)22-20(14-9-32-10-14)23(31)30(22)15-2-3-18-19(6-15)27-11-26-18/h2-8,11,14,20,22H,9-10H2,1H3,(H,26,27)/t20-,22-/m1/s1. The van der Waals surface area contributed by atoms with E-state index in [1.54, 1.807) is 48.6 Å². The van der Waals surface area contributed by atoms with E-state index in [-0.39, 0.29) is 17.4 Å². The van der Waals surface area contributed by atoms with E-state index in [1.165, 1.54) is 17.0 Å². The SMILES string of the molecule is Cn1cc(-c2cc(F)c([C@H]3[C@@H](C4COC4)C(=O)N3c3ccc4[nH]cnc4c3)c(F)c2)cn1. The molecule has 2 aliphatic heterocycles. The van der Waals surface area contributed by atoms with E-state index in [9.17, 15) is 4.79 Å². The second-order valence-corrected chi connectivity index (χ2v) is 8.34. The van der Waals surface area contributed by atoms with Crippen LogP contribution in [0.1, 0.15) is 11.6 Å². The van der Waals surface area contributed by atoms with E-state index in [0.717, 1.165) is 5.52 Å². The summed E-state index contributed by atoms with van der Waals surface area (Å²) in [6.45, 7) is 0.826. The number of hydrogen-bond acceptors (Lipinski definition) is 4. The Bertz CT molecular complexity index is 1340. The number of ether oxygens (including phenoxy) is 1. The van der Waals surface area contributed by atoms with Gasteiger partial charge < -0.3 is 14.6 Å². The fraction of sp³-hybridized carbons (Fsp3) is 0.261. The summed E-state index contributed by atoms with van der Waals surface area (Å²) in [6.07, 6.45) is 4.82. The molecule has 2 fully saturated rings. The van der Waals surface area contributed by atoms with E-state index in [2.05, 4.69) is 15.1 Å². The molecule has 2 aliphatic rings. The van der Waals surface area contributed by atoms with Gasteiger partial charge in [-0.15, -0.1) is 0 Å². The molecule has 1 amide bonds. The average molecular weight is 435 g/mol. The lowest BCUT2D eigenvalue weighted by molar-refractivity contribution is -0.145. The first kappa shape index (κ1) is 19.1. The highest BCUT2D eigenvalue weighted by atomic mass is 19.1. The molecule has 0 unspecified atom stereocenters. The van der Waals surface area contributed by atoms with Crippen molar-refractivity contribution in [2.45, 2.75) is 6.04 Å². The molecule has 0 saturated carbocycles. The molecule has 2 atom stereocenters. The van der Waals surface area contributed by atoms with Crippen LogP contribution in [0, 0.1) is 23.5 Å². The minimum Gasteiger partial charge on any atom is -0.381 e. The van der Waals surface area contributed by atoms with Crippen molar-refractivity contribution >= 4 is 22.6 Å². The summed E-state index contributed by atoms with van der Waals surface area (Å²) in [5.74, 6) is -2.12. The highest BCUT2D eigenvalue weighted by Gasteiger charge is 2.55. The van der Waals surface area contributed by atoms with Crippen molar-refractivity contribution in [1.82, 2.24) is 19.7 Å². The number of imidazole rings is 1. The molecule has 0 bridgehead atoms. The minimum absolute atomic E-state index is 0.0605. The van der Waals surface area contributed by atoms with Crippen molar-refractivity contribution < 1.29 is 18.3 Å². The number of fused-ring (bicyclic) bond motifs is 1. The van der Waals surface area contributed by atoms with E-state index in [4.69, 9.17) is 4.74 Å². The Morgan fingerprint density at radius 3 is 2.56 bits per heavy atom.